The van der Waals surface area contributed by atoms with E-state index in [0.29, 0.717) is 12.2 Å². The molecule has 11 nitrogen and oxygen atoms in total. The van der Waals surface area contributed by atoms with Gasteiger partial charge in [0.15, 0.2) is 23.0 Å². The number of hydrogen-bond acceptors (Lipinski definition) is 11. The Morgan fingerprint density at radius 3 is 2.19 bits per heavy atom. The van der Waals surface area contributed by atoms with E-state index in [9.17, 15) is 35.7 Å². The van der Waals surface area contributed by atoms with Gasteiger partial charge in [-0.3, -0.25) is 0 Å². The molecule has 37 heavy (non-hydrogen) atoms. The van der Waals surface area contributed by atoms with Gasteiger partial charge >= 0.3 is 0 Å². The molecule has 8 atom stereocenters. The minimum atomic E-state index is -1.59. The second kappa shape index (κ2) is 11.4. The van der Waals surface area contributed by atoms with Crippen LogP contribution in [-0.4, -0.2) is 100 Å². The molecule has 0 aromatic heterocycles. The first-order valence-corrected chi connectivity index (χ1v) is 12.0. The number of methoxy groups -OCH3 is 2. The lowest BCUT2D eigenvalue weighted by atomic mass is 9.67. The molecule has 2 aromatic carbocycles. The number of aliphatic hydroxyl groups excluding tert-OH is 6. The van der Waals surface area contributed by atoms with E-state index in [1.54, 1.807) is 30.3 Å². The predicted molar refractivity (Wildman–Crippen MR) is 129 cm³/mol. The van der Waals surface area contributed by atoms with E-state index in [4.69, 9.17) is 18.9 Å². The number of phenols is 1. The highest BCUT2D eigenvalue weighted by atomic mass is 16.7. The molecule has 7 N–H and O–H groups in total. The van der Waals surface area contributed by atoms with E-state index >= 15 is 0 Å². The van der Waals surface area contributed by atoms with Crippen molar-refractivity contribution in [3.8, 4) is 23.0 Å². The van der Waals surface area contributed by atoms with E-state index in [-0.39, 0.29) is 42.3 Å². The molecule has 0 radical (unpaired) electrons. The molecule has 1 fully saturated rings. The van der Waals surface area contributed by atoms with Gasteiger partial charge in [-0.2, -0.15) is 0 Å². The third-order valence-corrected chi connectivity index (χ3v) is 7.38. The van der Waals surface area contributed by atoms with Crippen molar-refractivity contribution in [3.63, 3.8) is 0 Å². The van der Waals surface area contributed by atoms with Crippen LogP contribution in [0.3, 0.4) is 0 Å². The molecule has 8 unspecified atom stereocenters. The molecule has 0 amide bonds. The van der Waals surface area contributed by atoms with Gasteiger partial charge in [0, 0.05) is 19.1 Å². The van der Waals surface area contributed by atoms with Crippen LogP contribution in [0.2, 0.25) is 0 Å². The number of phenolic OH excluding ortho intramolecular Hbond substituents is 1. The van der Waals surface area contributed by atoms with E-state index in [2.05, 4.69) is 0 Å². The summed E-state index contributed by atoms with van der Waals surface area (Å²) >= 11 is 0. The molecule has 1 aliphatic carbocycles. The van der Waals surface area contributed by atoms with Crippen LogP contribution in [0.15, 0.2) is 30.3 Å². The summed E-state index contributed by atoms with van der Waals surface area (Å²) in [5.41, 5.74) is 2.39. The van der Waals surface area contributed by atoms with Crippen molar-refractivity contribution in [3.05, 3.63) is 47.0 Å². The fourth-order valence-corrected chi connectivity index (χ4v) is 5.34. The fourth-order valence-electron chi connectivity index (χ4n) is 5.34. The summed E-state index contributed by atoms with van der Waals surface area (Å²) in [5.74, 6) is -0.296. The third-order valence-electron chi connectivity index (χ3n) is 7.38. The monoisotopic (exact) mass is 522 g/mol. The highest BCUT2D eigenvalue weighted by molar-refractivity contribution is 5.54. The van der Waals surface area contributed by atoms with E-state index < -0.39 is 43.2 Å². The highest BCUT2D eigenvalue weighted by Crippen LogP contribution is 2.48. The number of benzene rings is 2. The summed E-state index contributed by atoms with van der Waals surface area (Å²) < 4.78 is 22.0. The van der Waals surface area contributed by atoms with Crippen LogP contribution in [0, 0.1) is 11.8 Å². The summed E-state index contributed by atoms with van der Waals surface area (Å²) in [6, 6.07) is 8.36. The number of aromatic hydroxyl groups is 1. The summed E-state index contributed by atoms with van der Waals surface area (Å²) in [6.45, 7) is -0.929. The minimum Gasteiger partial charge on any atom is -0.504 e. The van der Waals surface area contributed by atoms with Crippen molar-refractivity contribution in [1.29, 1.82) is 0 Å². The van der Waals surface area contributed by atoms with Gasteiger partial charge in [-0.05, 0) is 59.2 Å². The summed E-state index contributed by atoms with van der Waals surface area (Å²) in [6.07, 6.45) is -6.71. The van der Waals surface area contributed by atoms with Crippen LogP contribution >= 0.6 is 0 Å². The quantitative estimate of drug-likeness (QED) is 0.238. The van der Waals surface area contributed by atoms with Gasteiger partial charge in [-0.25, -0.2) is 0 Å². The molecule has 4 rings (SSSR count). The van der Waals surface area contributed by atoms with Crippen LogP contribution in [0.1, 0.15) is 22.6 Å². The Bertz CT molecular complexity index is 1070. The number of ether oxygens (including phenoxy) is 4. The van der Waals surface area contributed by atoms with Crippen molar-refractivity contribution in [1.82, 2.24) is 0 Å². The second-order valence-electron chi connectivity index (χ2n) is 9.42. The van der Waals surface area contributed by atoms with Crippen molar-refractivity contribution in [2.24, 2.45) is 11.8 Å². The molecule has 204 valence electrons. The Balaban J connectivity index is 1.71. The molecule has 2 aliphatic rings. The van der Waals surface area contributed by atoms with Gasteiger partial charge in [0.25, 0.3) is 0 Å². The Kier molecular flexibility index (Phi) is 8.44. The second-order valence-corrected chi connectivity index (χ2v) is 9.42. The van der Waals surface area contributed by atoms with Crippen molar-refractivity contribution >= 4 is 0 Å². The van der Waals surface area contributed by atoms with E-state index in [1.807, 2.05) is 0 Å². The van der Waals surface area contributed by atoms with E-state index in [1.165, 1.54) is 14.2 Å². The average Bonchev–Trinajstić information content (AvgIpc) is 2.92. The lowest BCUT2D eigenvalue weighted by Crippen LogP contribution is -2.60. The third kappa shape index (κ3) is 5.08. The minimum absolute atomic E-state index is 0.0417. The first-order chi connectivity index (χ1) is 17.8. The first kappa shape index (κ1) is 27.4. The Hall–Kier alpha value is -2.64. The Morgan fingerprint density at radius 2 is 1.57 bits per heavy atom. The molecule has 2 aromatic rings. The summed E-state index contributed by atoms with van der Waals surface area (Å²) in [5, 5.41) is 70.7. The average molecular weight is 523 g/mol. The standard InChI is InChI=1S/C26H34O11/c1-34-19-7-13-5-14(9-27)16(10-28)22(15(13)8-17(19)30)12-3-4-18(20(6-12)35-2)36-26-25(33)24(32)23(31)21(11-29)37-26/h3-4,6-8,14,16,21-33H,5,9-11H2,1-2H3. The fraction of sp³-hybridized carbons (Fsp3) is 0.538. The first-order valence-electron chi connectivity index (χ1n) is 12.0. The van der Waals surface area contributed by atoms with E-state index in [0.717, 1.165) is 16.7 Å². The SMILES string of the molecule is COc1cc2c(cc1O)C(c1ccc(OC3OC(CO)C(O)C(O)C3O)c(OC)c1)C(CO)C(CO)C2. The van der Waals surface area contributed by atoms with Crippen molar-refractivity contribution in [2.45, 2.75) is 43.0 Å². The van der Waals surface area contributed by atoms with Crippen LogP contribution in [-0.2, 0) is 11.2 Å². The molecule has 0 saturated carbocycles. The number of rotatable bonds is 8. The summed E-state index contributed by atoms with van der Waals surface area (Å²) in [4.78, 5) is 0. The molecule has 0 spiro atoms. The Labute approximate surface area is 214 Å². The normalized spacial score (nSPS) is 31.5. The van der Waals surface area contributed by atoms with Crippen molar-refractivity contribution < 1.29 is 54.7 Å². The zero-order valence-electron chi connectivity index (χ0n) is 20.6. The molecule has 11 heteroatoms. The maximum atomic E-state index is 10.5. The zero-order chi connectivity index (χ0) is 26.9. The van der Waals surface area contributed by atoms with Crippen LogP contribution in [0.5, 0.6) is 23.0 Å². The number of aliphatic hydroxyl groups is 6. The maximum absolute atomic E-state index is 10.5. The van der Waals surface area contributed by atoms with Crippen molar-refractivity contribution in [2.75, 3.05) is 34.0 Å². The maximum Gasteiger partial charge on any atom is 0.229 e. The lowest BCUT2D eigenvalue weighted by molar-refractivity contribution is -0.277. The van der Waals surface area contributed by atoms with Gasteiger partial charge in [-0.15, -0.1) is 0 Å². The molecule has 0 bridgehead atoms. The van der Waals surface area contributed by atoms with Crippen LogP contribution in [0.25, 0.3) is 0 Å². The largest absolute Gasteiger partial charge is 0.504 e. The number of hydrogen-bond donors (Lipinski definition) is 7. The van der Waals surface area contributed by atoms with Gasteiger partial charge in [-0.1, -0.05) is 6.07 Å². The van der Waals surface area contributed by atoms with Crippen LogP contribution in [0.4, 0.5) is 0 Å². The topological polar surface area (TPSA) is 179 Å². The van der Waals surface area contributed by atoms with Gasteiger partial charge < -0.3 is 54.7 Å². The van der Waals surface area contributed by atoms with Gasteiger partial charge in [0.1, 0.15) is 24.4 Å². The molecule has 1 heterocycles. The number of fused-ring (bicyclic) bond motifs is 1. The molecular formula is C26H34O11. The van der Waals surface area contributed by atoms with Gasteiger partial charge in [0.2, 0.25) is 6.29 Å². The smallest absolute Gasteiger partial charge is 0.229 e. The molecule has 1 saturated heterocycles. The lowest BCUT2D eigenvalue weighted by Gasteiger charge is -2.40. The summed E-state index contributed by atoms with van der Waals surface area (Å²) in [7, 11) is 2.88. The van der Waals surface area contributed by atoms with Crippen LogP contribution < -0.4 is 14.2 Å². The molecular weight excluding hydrogens is 488 g/mol. The molecule has 1 aliphatic heterocycles. The zero-order valence-corrected chi connectivity index (χ0v) is 20.6. The predicted octanol–water partition coefficient (Wildman–Crippen LogP) is -0.507. The Morgan fingerprint density at radius 1 is 0.838 bits per heavy atom. The van der Waals surface area contributed by atoms with Gasteiger partial charge in [0.05, 0.1) is 20.8 Å². The highest BCUT2D eigenvalue weighted by Gasteiger charge is 2.45.